The minimum absolute atomic E-state index is 0.000829. The second-order valence-electron chi connectivity index (χ2n) is 10.2. The maximum absolute atomic E-state index is 13.8. The third-order valence-electron chi connectivity index (χ3n) is 6.64. The van der Waals surface area contributed by atoms with Crippen LogP contribution in [0.25, 0.3) is 16.6 Å². The predicted octanol–water partition coefficient (Wildman–Crippen LogP) is 6.87. The fourth-order valence-electron chi connectivity index (χ4n) is 4.54. The molecule has 4 aromatic rings. The molecule has 1 atom stereocenters. The van der Waals surface area contributed by atoms with Crippen molar-refractivity contribution in [2.45, 2.75) is 53.0 Å². The number of hydrogen-bond acceptors (Lipinski definition) is 3. The fourth-order valence-corrected chi connectivity index (χ4v) is 4.77. The van der Waals surface area contributed by atoms with E-state index in [0.29, 0.717) is 39.5 Å². The maximum atomic E-state index is 13.8. The number of hydrogen-bond donors (Lipinski definition) is 0. The smallest absolute Gasteiger partial charge is 0.266 e. The van der Waals surface area contributed by atoms with Crippen LogP contribution in [0.2, 0.25) is 5.02 Å². The molecule has 186 valence electrons. The van der Waals surface area contributed by atoms with Gasteiger partial charge in [0.1, 0.15) is 5.82 Å². The van der Waals surface area contributed by atoms with Gasteiger partial charge in [-0.05, 0) is 79.8 Å². The Hall–Kier alpha value is -3.44. The van der Waals surface area contributed by atoms with Gasteiger partial charge in [-0.1, -0.05) is 56.6 Å². The number of fused-ring (bicyclic) bond motifs is 1. The summed E-state index contributed by atoms with van der Waals surface area (Å²) in [6.45, 7) is 12.7. The molecule has 0 fully saturated rings. The van der Waals surface area contributed by atoms with Crippen LogP contribution in [0.3, 0.4) is 0 Å². The van der Waals surface area contributed by atoms with Gasteiger partial charge in [0.25, 0.3) is 11.5 Å². The lowest BCUT2D eigenvalue weighted by Crippen LogP contribution is -2.37. The average Bonchev–Trinajstić information content (AvgIpc) is 2.84. The van der Waals surface area contributed by atoms with Crippen molar-refractivity contribution in [1.29, 1.82) is 0 Å². The van der Waals surface area contributed by atoms with Crippen molar-refractivity contribution < 1.29 is 4.79 Å². The van der Waals surface area contributed by atoms with E-state index in [4.69, 9.17) is 16.6 Å². The first-order valence-corrected chi connectivity index (χ1v) is 12.6. The quantitative estimate of drug-likeness (QED) is 0.300. The zero-order chi connectivity index (χ0) is 26.2. The topological polar surface area (TPSA) is 55.2 Å². The van der Waals surface area contributed by atoms with Crippen molar-refractivity contribution in [2.75, 3.05) is 6.54 Å². The molecular weight excluding hydrogens is 470 g/mol. The number of amides is 1. The highest BCUT2D eigenvalue weighted by Gasteiger charge is 2.27. The van der Waals surface area contributed by atoms with Crippen molar-refractivity contribution in [3.63, 3.8) is 0 Å². The summed E-state index contributed by atoms with van der Waals surface area (Å²) in [6, 6.07) is 20.0. The summed E-state index contributed by atoms with van der Waals surface area (Å²) in [5.41, 5.74) is 3.74. The van der Waals surface area contributed by atoms with Crippen LogP contribution in [-0.2, 0) is 5.41 Å². The molecule has 5 nitrogen and oxygen atoms in total. The average molecular weight is 502 g/mol. The first-order chi connectivity index (χ1) is 17.0. The van der Waals surface area contributed by atoms with Crippen LogP contribution in [0.1, 0.15) is 68.0 Å². The molecule has 1 amide bonds. The van der Waals surface area contributed by atoms with E-state index in [0.717, 1.165) is 5.56 Å². The lowest BCUT2D eigenvalue weighted by Gasteiger charge is -2.30. The van der Waals surface area contributed by atoms with Crippen molar-refractivity contribution in [3.05, 3.63) is 105 Å². The van der Waals surface area contributed by atoms with Crippen LogP contribution in [0.4, 0.5) is 0 Å². The van der Waals surface area contributed by atoms with E-state index in [9.17, 15) is 9.59 Å². The van der Waals surface area contributed by atoms with Crippen molar-refractivity contribution in [1.82, 2.24) is 14.5 Å². The molecule has 4 rings (SSSR count). The van der Waals surface area contributed by atoms with Crippen LogP contribution in [-0.4, -0.2) is 26.9 Å². The van der Waals surface area contributed by atoms with Gasteiger partial charge in [-0.2, -0.15) is 0 Å². The molecule has 36 heavy (non-hydrogen) atoms. The molecule has 0 saturated carbocycles. The highest BCUT2D eigenvalue weighted by molar-refractivity contribution is 6.30. The molecule has 3 aromatic carbocycles. The van der Waals surface area contributed by atoms with Crippen LogP contribution in [0.5, 0.6) is 0 Å². The van der Waals surface area contributed by atoms with E-state index in [-0.39, 0.29) is 16.9 Å². The van der Waals surface area contributed by atoms with Gasteiger partial charge in [0.05, 0.1) is 22.6 Å². The number of carbonyl (C=O) groups is 1. The number of rotatable bonds is 5. The first kappa shape index (κ1) is 25.6. The molecule has 0 N–H and O–H groups in total. The first-order valence-electron chi connectivity index (χ1n) is 12.2. The monoisotopic (exact) mass is 501 g/mol. The van der Waals surface area contributed by atoms with Gasteiger partial charge in [0.2, 0.25) is 0 Å². The van der Waals surface area contributed by atoms with E-state index in [1.807, 2.05) is 75.4 Å². The standard InChI is InChI=1S/C30H32ClN3O2/c1-7-33(28(35)21-12-14-22(15-13-21)30(4,5)6)20(3)27-32-25-11-9-8-10-24(25)29(36)34(27)26-17-16-23(31)18-19(26)2/h8-18,20H,7H2,1-6H3. The van der Waals surface area contributed by atoms with Crippen molar-refractivity contribution in [2.24, 2.45) is 0 Å². The number of aryl methyl sites for hydroxylation is 1. The van der Waals surface area contributed by atoms with Gasteiger partial charge in [0, 0.05) is 17.1 Å². The Balaban J connectivity index is 1.85. The highest BCUT2D eigenvalue weighted by atomic mass is 35.5. The summed E-state index contributed by atoms with van der Waals surface area (Å²) in [4.78, 5) is 34.1. The number of nitrogens with zero attached hydrogens (tertiary/aromatic N) is 3. The Morgan fingerprint density at radius 2 is 1.72 bits per heavy atom. The molecule has 0 aliphatic carbocycles. The number of carbonyl (C=O) groups excluding carboxylic acids is 1. The molecule has 1 heterocycles. The molecule has 1 unspecified atom stereocenters. The maximum Gasteiger partial charge on any atom is 0.266 e. The van der Waals surface area contributed by atoms with Crippen molar-refractivity contribution in [3.8, 4) is 5.69 Å². The van der Waals surface area contributed by atoms with Gasteiger partial charge >= 0.3 is 0 Å². The molecule has 0 radical (unpaired) electrons. The Kier molecular flexibility index (Phi) is 7.05. The Morgan fingerprint density at radius 1 is 1.06 bits per heavy atom. The van der Waals surface area contributed by atoms with E-state index in [1.165, 1.54) is 5.56 Å². The summed E-state index contributed by atoms with van der Waals surface area (Å²) in [5, 5.41) is 1.12. The lowest BCUT2D eigenvalue weighted by molar-refractivity contribution is 0.0693. The molecule has 0 bridgehead atoms. The van der Waals surface area contributed by atoms with Gasteiger partial charge < -0.3 is 4.90 Å². The molecule has 0 spiro atoms. The summed E-state index contributed by atoms with van der Waals surface area (Å²) >= 11 is 6.21. The third-order valence-corrected chi connectivity index (χ3v) is 6.88. The Morgan fingerprint density at radius 3 is 2.33 bits per heavy atom. The fraction of sp³-hybridized carbons (Fsp3) is 0.300. The zero-order valence-electron chi connectivity index (χ0n) is 21.7. The van der Waals surface area contributed by atoms with Gasteiger partial charge in [-0.3, -0.25) is 14.2 Å². The normalized spacial score (nSPS) is 12.5. The molecular formula is C30H32ClN3O2. The van der Waals surface area contributed by atoms with Crippen LogP contribution < -0.4 is 5.56 Å². The second kappa shape index (κ2) is 9.90. The number of para-hydroxylation sites is 1. The SMILES string of the molecule is CCN(C(=O)c1ccc(C(C)(C)C)cc1)C(C)c1nc2ccccc2c(=O)n1-c1ccc(Cl)cc1C. The molecule has 0 aliphatic heterocycles. The summed E-state index contributed by atoms with van der Waals surface area (Å²) in [7, 11) is 0. The highest BCUT2D eigenvalue weighted by Crippen LogP contribution is 2.28. The summed E-state index contributed by atoms with van der Waals surface area (Å²) in [5.74, 6) is 0.401. The minimum atomic E-state index is -0.461. The van der Waals surface area contributed by atoms with E-state index < -0.39 is 6.04 Å². The molecule has 0 saturated heterocycles. The zero-order valence-corrected chi connectivity index (χ0v) is 22.4. The summed E-state index contributed by atoms with van der Waals surface area (Å²) in [6.07, 6.45) is 0. The largest absolute Gasteiger partial charge is 0.329 e. The number of benzene rings is 3. The van der Waals surface area contributed by atoms with E-state index in [1.54, 1.807) is 21.6 Å². The molecule has 0 aliphatic rings. The third kappa shape index (κ3) is 4.80. The van der Waals surface area contributed by atoms with E-state index >= 15 is 0 Å². The van der Waals surface area contributed by atoms with Gasteiger partial charge in [0.15, 0.2) is 0 Å². The van der Waals surface area contributed by atoms with Gasteiger partial charge in [-0.15, -0.1) is 0 Å². The number of aromatic nitrogens is 2. The summed E-state index contributed by atoms with van der Waals surface area (Å²) < 4.78 is 1.62. The van der Waals surface area contributed by atoms with Crippen molar-refractivity contribution >= 4 is 28.4 Å². The van der Waals surface area contributed by atoms with Crippen LogP contribution in [0, 0.1) is 6.92 Å². The minimum Gasteiger partial charge on any atom is -0.329 e. The van der Waals surface area contributed by atoms with E-state index in [2.05, 4.69) is 20.8 Å². The number of halogens is 1. The van der Waals surface area contributed by atoms with Gasteiger partial charge in [-0.25, -0.2) is 4.98 Å². The Bertz CT molecular complexity index is 1480. The molecule has 1 aromatic heterocycles. The Labute approximate surface area is 217 Å². The van der Waals surface area contributed by atoms with Crippen LogP contribution in [0.15, 0.2) is 71.5 Å². The lowest BCUT2D eigenvalue weighted by atomic mass is 9.86. The molecule has 6 heteroatoms. The predicted molar refractivity (Wildman–Crippen MR) is 147 cm³/mol. The van der Waals surface area contributed by atoms with Crippen LogP contribution >= 0.6 is 11.6 Å². The second-order valence-corrected chi connectivity index (χ2v) is 10.6.